The third-order valence-corrected chi connectivity index (χ3v) is 1.89. The van der Waals surface area contributed by atoms with Crippen LogP contribution in [-0.2, 0) is 0 Å². The van der Waals surface area contributed by atoms with Crippen molar-refractivity contribution < 1.29 is 4.39 Å². The van der Waals surface area contributed by atoms with Crippen LogP contribution in [0.15, 0.2) is 36.2 Å². The SMILES string of the molecule is CC/C(=C(/C)F)c1ccccc1. The third-order valence-electron chi connectivity index (χ3n) is 1.89. The van der Waals surface area contributed by atoms with Gasteiger partial charge < -0.3 is 0 Å². The summed E-state index contributed by atoms with van der Waals surface area (Å²) in [6, 6.07) is 9.65. The zero-order valence-corrected chi connectivity index (χ0v) is 7.47. The lowest BCUT2D eigenvalue weighted by Gasteiger charge is -2.03. The molecule has 0 aromatic heterocycles. The van der Waals surface area contributed by atoms with E-state index in [9.17, 15) is 4.39 Å². The van der Waals surface area contributed by atoms with Crippen molar-refractivity contribution in [1.82, 2.24) is 0 Å². The van der Waals surface area contributed by atoms with Crippen LogP contribution in [0.3, 0.4) is 0 Å². The Hall–Kier alpha value is -1.11. The molecule has 0 atom stereocenters. The summed E-state index contributed by atoms with van der Waals surface area (Å²) < 4.78 is 12.9. The molecule has 0 nitrogen and oxygen atoms in total. The molecule has 0 aliphatic rings. The van der Waals surface area contributed by atoms with Crippen LogP contribution < -0.4 is 0 Å². The summed E-state index contributed by atoms with van der Waals surface area (Å²) in [5.74, 6) is -0.0799. The molecule has 0 aliphatic carbocycles. The first-order valence-corrected chi connectivity index (χ1v) is 4.16. The molecule has 1 rings (SSSR count). The van der Waals surface area contributed by atoms with Crippen molar-refractivity contribution in [2.24, 2.45) is 0 Å². The Morgan fingerprint density at radius 3 is 2.25 bits per heavy atom. The first kappa shape index (κ1) is 8.98. The van der Waals surface area contributed by atoms with Gasteiger partial charge in [0.2, 0.25) is 0 Å². The summed E-state index contributed by atoms with van der Waals surface area (Å²) >= 11 is 0. The summed E-state index contributed by atoms with van der Waals surface area (Å²) in [4.78, 5) is 0. The molecule has 0 saturated carbocycles. The monoisotopic (exact) mass is 164 g/mol. The second-order valence-electron chi connectivity index (χ2n) is 2.73. The highest BCUT2D eigenvalue weighted by molar-refractivity contribution is 5.66. The van der Waals surface area contributed by atoms with Gasteiger partial charge in [-0.15, -0.1) is 0 Å². The van der Waals surface area contributed by atoms with Crippen LogP contribution in [0.1, 0.15) is 25.8 Å². The van der Waals surface area contributed by atoms with Gasteiger partial charge in [-0.2, -0.15) is 0 Å². The van der Waals surface area contributed by atoms with Crippen molar-refractivity contribution in [3.8, 4) is 0 Å². The number of allylic oxidation sites excluding steroid dienone is 2. The van der Waals surface area contributed by atoms with Crippen LogP contribution in [0.5, 0.6) is 0 Å². The van der Waals surface area contributed by atoms with E-state index in [1.807, 2.05) is 37.3 Å². The fraction of sp³-hybridized carbons (Fsp3) is 0.273. The second-order valence-corrected chi connectivity index (χ2v) is 2.73. The largest absolute Gasteiger partial charge is 0.212 e. The predicted molar refractivity (Wildman–Crippen MR) is 50.4 cm³/mol. The van der Waals surface area contributed by atoms with E-state index in [2.05, 4.69) is 0 Å². The molecule has 64 valence electrons. The smallest absolute Gasteiger partial charge is 0.101 e. The highest BCUT2D eigenvalue weighted by Crippen LogP contribution is 2.21. The lowest BCUT2D eigenvalue weighted by molar-refractivity contribution is 0.640. The topological polar surface area (TPSA) is 0 Å². The van der Waals surface area contributed by atoms with Crippen molar-refractivity contribution in [1.29, 1.82) is 0 Å². The molecule has 12 heavy (non-hydrogen) atoms. The molecule has 0 aliphatic heterocycles. The molecule has 0 unspecified atom stereocenters. The number of rotatable bonds is 2. The van der Waals surface area contributed by atoms with E-state index in [-0.39, 0.29) is 5.83 Å². The molecule has 0 saturated heterocycles. The van der Waals surface area contributed by atoms with E-state index >= 15 is 0 Å². The summed E-state index contributed by atoms with van der Waals surface area (Å²) in [5, 5.41) is 0. The van der Waals surface area contributed by atoms with Gasteiger partial charge in [-0.1, -0.05) is 37.3 Å². The maximum Gasteiger partial charge on any atom is 0.101 e. The molecule has 0 radical (unpaired) electrons. The molecule has 0 bridgehead atoms. The normalized spacial score (nSPS) is 12.6. The molecule has 1 aromatic carbocycles. The molecule has 1 heteroatoms. The van der Waals surface area contributed by atoms with Crippen molar-refractivity contribution >= 4 is 5.57 Å². The van der Waals surface area contributed by atoms with E-state index in [0.717, 1.165) is 17.6 Å². The average molecular weight is 164 g/mol. The number of hydrogen-bond donors (Lipinski definition) is 0. The highest BCUT2D eigenvalue weighted by atomic mass is 19.1. The fourth-order valence-corrected chi connectivity index (χ4v) is 1.29. The predicted octanol–water partition coefficient (Wildman–Crippen LogP) is 3.80. The minimum atomic E-state index is -0.0799. The summed E-state index contributed by atoms with van der Waals surface area (Å²) in [7, 11) is 0. The minimum absolute atomic E-state index is 0.0799. The van der Waals surface area contributed by atoms with Crippen LogP contribution >= 0.6 is 0 Å². The van der Waals surface area contributed by atoms with Gasteiger partial charge in [0.15, 0.2) is 0 Å². The molecule has 1 aromatic rings. The highest BCUT2D eigenvalue weighted by Gasteiger charge is 2.01. The van der Waals surface area contributed by atoms with Gasteiger partial charge in [0, 0.05) is 0 Å². The Kier molecular flexibility index (Phi) is 3.03. The average Bonchev–Trinajstić information content (AvgIpc) is 2.07. The standard InChI is InChI=1S/C11H13F/c1-3-11(9(2)12)10-7-5-4-6-8-10/h4-8H,3H2,1-2H3/b11-9+. The molecule has 0 heterocycles. The van der Waals surface area contributed by atoms with E-state index in [4.69, 9.17) is 0 Å². The maximum absolute atomic E-state index is 12.9. The zero-order valence-electron chi connectivity index (χ0n) is 7.47. The minimum Gasteiger partial charge on any atom is -0.212 e. The molecule has 0 amide bonds. The van der Waals surface area contributed by atoms with Gasteiger partial charge in [-0.05, 0) is 24.5 Å². The van der Waals surface area contributed by atoms with E-state index < -0.39 is 0 Å². The van der Waals surface area contributed by atoms with Crippen molar-refractivity contribution in [2.75, 3.05) is 0 Å². The van der Waals surface area contributed by atoms with Crippen molar-refractivity contribution in [3.63, 3.8) is 0 Å². The maximum atomic E-state index is 12.9. The van der Waals surface area contributed by atoms with Gasteiger partial charge in [0.1, 0.15) is 5.83 Å². The van der Waals surface area contributed by atoms with Gasteiger partial charge in [-0.25, -0.2) is 4.39 Å². The third kappa shape index (κ3) is 1.94. The molecule has 0 spiro atoms. The zero-order chi connectivity index (χ0) is 8.97. The van der Waals surface area contributed by atoms with Gasteiger partial charge in [-0.3, -0.25) is 0 Å². The van der Waals surface area contributed by atoms with Crippen molar-refractivity contribution in [2.45, 2.75) is 20.3 Å². The van der Waals surface area contributed by atoms with Crippen LogP contribution in [0.2, 0.25) is 0 Å². The van der Waals surface area contributed by atoms with Gasteiger partial charge in [0.25, 0.3) is 0 Å². The first-order chi connectivity index (χ1) is 5.75. The van der Waals surface area contributed by atoms with Crippen molar-refractivity contribution in [3.05, 3.63) is 41.7 Å². The summed E-state index contributed by atoms with van der Waals surface area (Å²) in [6.07, 6.45) is 0.742. The number of hydrogen-bond acceptors (Lipinski definition) is 0. The van der Waals surface area contributed by atoms with Gasteiger partial charge in [0.05, 0.1) is 0 Å². The van der Waals surface area contributed by atoms with E-state index in [1.54, 1.807) is 0 Å². The Morgan fingerprint density at radius 1 is 1.25 bits per heavy atom. The second kappa shape index (κ2) is 4.05. The van der Waals surface area contributed by atoms with Crippen LogP contribution in [-0.4, -0.2) is 0 Å². The molecular formula is C11H13F. The summed E-state index contributed by atoms with van der Waals surface area (Å²) in [5.41, 5.74) is 1.79. The Morgan fingerprint density at radius 2 is 1.83 bits per heavy atom. The van der Waals surface area contributed by atoms with E-state index in [1.165, 1.54) is 6.92 Å². The van der Waals surface area contributed by atoms with Gasteiger partial charge >= 0.3 is 0 Å². The number of halogens is 1. The van der Waals surface area contributed by atoms with Crippen LogP contribution in [0, 0.1) is 0 Å². The lowest BCUT2D eigenvalue weighted by Crippen LogP contribution is -1.83. The van der Waals surface area contributed by atoms with E-state index in [0.29, 0.717) is 0 Å². The summed E-state index contributed by atoms with van der Waals surface area (Å²) in [6.45, 7) is 3.47. The quantitative estimate of drug-likeness (QED) is 0.623. The Bertz CT molecular complexity index is 268. The molecule has 0 fully saturated rings. The molecule has 0 N–H and O–H groups in total. The lowest BCUT2D eigenvalue weighted by atomic mass is 10.0. The number of benzene rings is 1. The Labute approximate surface area is 72.7 Å². The fourth-order valence-electron chi connectivity index (χ4n) is 1.29. The van der Waals surface area contributed by atoms with Crippen LogP contribution in [0.4, 0.5) is 4.39 Å². The Balaban J connectivity index is 3.05. The molecular weight excluding hydrogens is 151 g/mol. The van der Waals surface area contributed by atoms with Crippen LogP contribution in [0.25, 0.3) is 5.57 Å². The first-order valence-electron chi connectivity index (χ1n) is 4.16.